The minimum atomic E-state index is -0.951. The molecule has 29 heavy (non-hydrogen) atoms. The van der Waals surface area contributed by atoms with Crippen LogP contribution in [-0.4, -0.2) is 48.2 Å². The first-order valence-corrected chi connectivity index (χ1v) is 9.99. The average Bonchev–Trinajstić information content (AvgIpc) is 2.75. The number of piperidine rings is 1. The Morgan fingerprint density at radius 2 is 1.59 bits per heavy atom. The van der Waals surface area contributed by atoms with Gasteiger partial charge in [-0.3, -0.25) is 9.59 Å². The zero-order chi connectivity index (χ0) is 20.9. The molecule has 1 saturated heterocycles. The van der Waals surface area contributed by atoms with Crippen LogP contribution < -0.4 is 9.47 Å². The van der Waals surface area contributed by atoms with E-state index in [-0.39, 0.29) is 5.91 Å². The minimum Gasteiger partial charge on any atom is -0.490 e. The number of likely N-dealkylation sites (tertiary alicyclic amines) is 1. The van der Waals surface area contributed by atoms with Crippen molar-refractivity contribution in [2.24, 2.45) is 0 Å². The van der Waals surface area contributed by atoms with Gasteiger partial charge in [0.1, 0.15) is 0 Å². The van der Waals surface area contributed by atoms with Crippen molar-refractivity contribution >= 4 is 11.9 Å². The molecule has 0 aromatic heterocycles. The van der Waals surface area contributed by atoms with Gasteiger partial charge in [-0.1, -0.05) is 30.3 Å². The number of hydrogen-bond acceptors (Lipinski definition) is 4. The van der Waals surface area contributed by atoms with Gasteiger partial charge >= 0.3 is 5.97 Å². The summed E-state index contributed by atoms with van der Waals surface area (Å²) < 4.78 is 11.2. The van der Waals surface area contributed by atoms with Crippen molar-refractivity contribution in [1.29, 1.82) is 0 Å². The second-order valence-corrected chi connectivity index (χ2v) is 7.07. The Morgan fingerprint density at radius 3 is 2.17 bits per heavy atom. The van der Waals surface area contributed by atoms with Crippen LogP contribution in [0.2, 0.25) is 0 Å². The SMILES string of the molecule is CCOc1ccc(C(=O)N2CCC(C(=O)O)(c3ccccc3)CC2)cc1OCC. The summed E-state index contributed by atoms with van der Waals surface area (Å²) in [5.41, 5.74) is 0.353. The second-order valence-electron chi connectivity index (χ2n) is 7.07. The lowest BCUT2D eigenvalue weighted by Gasteiger charge is -2.39. The van der Waals surface area contributed by atoms with Crippen molar-refractivity contribution in [3.8, 4) is 11.5 Å². The summed E-state index contributed by atoms with van der Waals surface area (Å²) in [6, 6.07) is 14.5. The van der Waals surface area contributed by atoms with Crippen LogP contribution >= 0.6 is 0 Å². The molecule has 0 bridgehead atoms. The van der Waals surface area contributed by atoms with Gasteiger partial charge < -0.3 is 19.5 Å². The Morgan fingerprint density at radius 1 is 0.966 bits per heavy atom. The molecule has 3 rings (SSSR count). The molecule has 1 fully saturated rings. The van der Waals surface area contributed by atoms with Crippen molar-refractivity contribution < 1.29 is 24.2 Å². The van der Waals surface area contributed by atoms with E-state index in [1.165, 1.54) is 0 Å². The highest BCUT2D eigenvalue weighted by Gasteiger charge is 2.43. The Balaban J connectivity index is 1.77. The molecule has 154 valence electrons. The van der Waals surface area contributed by atoms with Gasteiger partial charge in [0.25, 0.3) is 5.91 Å². The molecule has 6 nitrogen and oxygen atoms in total. The lowest BCUT2D eigenvalue weighted by atomic mass is 9.73. The van der Waals surface area contributed by atoms with Crippen LogP contribution in [0.4, 0.5) is 0 Å². The van der Waals surface area contributed by atoms with Crippen molar-refractivity contribution in [2.75, 3.05) is 26.3 Å². The molecular formula is C23H27NO5. The van der Waals surface area contributed by atoms with E-state index in [9.17, 15) is 14.7 Å². The molecule has 0 radical (unpaired) electrons. The molecule has 1 heterocycles. The fourth-order valence-electron chi connectivity index (χ4n) is 3.84. The first-order chi connectivity index (χ1) is 14.0. The van der Waals surface area contributed by atoms with Gasteiger partial charge in [0, 0.05) is 18.7 Å². The van der Waals surface area contributed by atoms with Crippen molar-refractivity contribution in [1.82, 2.24) is 4.90 Å². The van der Waals surface area contributed by atoms with Crippen LogP contribution in [0, 0.1) is 0 Å². The molecule has 6 heteroatoms. The lowest BCUT2D eigenvalue weighted by Crippen LogP contribution is -2.49. The predicted octanol–water partition coefficient (Wildman–Crippen LogP) is 3.74. The standard InChI is InChI=1S/C23H27NO5/c1-3-28-19-11-10-17(16-20(19)29-4-2)21(25)24-14-12-23(13-15-24,22(26)27)18-8-6-5-7-9-18/h5-11,16H,3-4,12-15H2,1-2H3,(H,26,27). The third-order valence-corrected chi connectivity index (χ3v) is 5.43. The number of hydrogen-bond donors (Lipinski definition) is 1. The van der Waals surface area contributed by atoms with Gasteiger partial charge in [0.05, 0.1) is 18.6 Å². The lowest BCUT2D eigenvalue weighted by molar-refractivity contribution is -0.145. The molecule has 0 saturated carbocycles. The quantitative estimate of drug-likeness (QED) is 0.770. The fraction of sp³-hybridized carbons (Fsp3) is 0.391. The Labute approximate surface area is 171 Å². The number of rotatable bonds is 7. The molecule has 2 aromatic rings. The van der Waals surface area contributed by atoms with Crippen molar-refractivity contribution in [2.45, 2.75) is 32.1 Å². The van der Waals surface area contributed by atoms with E-state index in [4.69, 9.17) is 9.47 Å². The molecule has 0 unspecified atom stereocenters. The van der Waals surface area contributed by atoms with Crippen LogP contribution in [0.1, 0.15) is 42.6 Å². The number of carboxylic acid groups (broad SMARTS) is 1. The van der Waals surface area contributed by atoms with E-state index in [1.807, 2.05) is 44.2 Å². The monoisotopic (exact) mass is 397 g/mol. The summed E-state index contributed by atoms with van der Waals surface area (Å²) in [4.78, 5) is 26.8. The summed E-state index contributed by atoms with van der Waals surface area (Å²) in [6.07, 6.45) is 0.765. The molecule has 1 aliphatic heterocycles. The van der Waals surface area contributed by atoms with Crippen LogP contribution in [0.15, 0.2) is 48.5 Å². The Hall–Kier alpha value is -3.02. The molecule has 1 N–H and O–H groups in total. The van der Waals surface area contributed by atoms with E-state index < -0.39 is 11.4 Å². The zero-order valence-electron chi connectivity index (χ0n) is 16.9. The minimum absolute atomic E-state index is 0.124. The number of ether oxygens (including phenoxy) is 2. The number of nitrogens with zero attached hydrogens (tertiary/aromatic N) is 1. The van der Waals surface area contributed by atoms with E-state index in [0.717, 1.165) is 5.56 Å². The largest absolute Gasteiger partial charge is 0.490 e. The van der Waals surface area contributed by atoms with Gasteiger partial charge in [0.2, 0.25) is 0 Å². The number of carbonyl (C=O) groups excluding carboxylic acids is 1. The van der Waals surface area contributed by atoms with E-state index in [0.29, 0.717) is 56.2 Å². The van der Waals surface area contributed by atoms with Crippen LogP contribution in [0.5, 0.6) is 11.5 Å². The zero-order valence-corrected chi connectivity index (χ0v) is 16.9. The highest BCUT2D eigenvalue weighted by atomic mass is 16.5. The van der Waals surface area contributed by atoms with E-state index in [1.54, 1.807) is 23.1 Å². The molecule has 0 atom stereocenters. The number of amides is 1. The van der Waals surface area contributed by atoms with Gasteiger partial charge in [-0.25, -0.2) is 0 Å². The normalized spacial score (nSPS) is 15.6. The van der Waals surface area contributed by atoms with Crippen LogP contribution in [-0.2, 0) is 10.2 Å². The van der Waals surface area contributed by atoms with Gasteiger partial charge in [-0.15, -0.1) is 0 Å². The first-order valence-electron chi connectivity index (χ1n) is 9.99. The highest BCUT2D eigenvalue weighted by Crippen LogP contribution is 2.37. The Bertz CT molecular complexity index is 857. The molecule has 0 aliphatic carbocycles. The molecule has 1 amide bonds. The summed E-state index contributed by atoms with van der Waals surface area (Å²) in [5.74, 6) is 0.191. The maximum Gasteiger partial charge on any atom is 0.314 e. The topological polar surface area (TPSA) is 76.1 Å². The van der Waals surface area contributed by atoms with Gasteiger partial charge in [-0.2, -0.15) is 0 Å². The number of aliphatic carboxylic acids is 1. The maximum atomic E-state index is 13.0. The summed E-state index contributed by atoms with van der Waals surface area (Å²) in [5, 5.41) is 9.93. The number of carboxylic acids is 1. The fourth-order valence-corrected chi connectivity index (χ4v) is 3.84. The van der Waals surface area contributed by atoms with Crippen LogP contribution in [0.3, 0.4) is 0 Å². The predicted molar refractivity (Wildman–Crippen MR) is 110 cm³/mol. The number of carbonyl (C=O) groups is 2. The van der Waals surface area contributed by atoms with E-state index >= 15 is 0 Å². The third-order valence-electron chi connectivity index (χ3n) is 5.43. The molecular weight excluding hydrogens is 370 g/mol. The maximum absolute atomic E-state index is 13.0. The van der Waals surface area contributed by atoms with Gasteiger partial charge in [0.15, 0.2) is 11.5 Å². The molecule has 0 spiro atoms. The molecule has 1 aliphatic rings. The summed E-state index contributed by atoms with van der Waals surface area (Å²) >= 11 is 0. The molecule has 2 aromatic carbocycles. The smallest absolute Gasteiger partial charge is 0.314 e. The van der Waals surface area contributed by atoms with Crippen molar-refractivity contribution in [3.63, 3.8) is 0 Å². The summed E-state index contributed by atoms with van der Waals surface area (Å²) in [7, 11) is 0. The summed E-state index contributed by atoms with van der Waals surface area (Å²) in [6.45, 7) is 5.53. The van der Waals surface area contributed by atoms with Gasteiger partial charge in [-0.05, 0) is 50.5 Å². The average molecular weight is 397 g/mol. The number of benzene rings is 2. The van der Waals surface area contributed by atoms with Crippen molar-refractivity contribution in [3.05, 3.63) is 59.7 Å². The van der Waals surface area contributed by atoms with Crippen LogP contribution in [0.25, 0.3) is 0 Å². The second kappa shape index (κ2) is 8.99. The first kappa shape index (κ1) is 20.7. The Kier molecular flexibility index (Phi) is 6.42. The highest BCUT2D eigenvalue weighted by molar-refractivity contribution is 5.95. The third kappa shape index (κ3) is 4.21. The van der Waals surface area contributed by atoms with E-state index in [2.05, 4.69) is 0 Å².